The minimum Gasteiger partial charge on any atom is -0.395 e. The topological polar surface area (TPSA) is 32.3 Å². The Bertz CT molecular complexity index is 735. The van der Waals surface area contributed by atoms with Crippen molar-refractivity contribution >= 4 is 0 Å². The molecule has 0 spiro atoms. The largest absolute Gasteiger partial charge is 0.395 e. The van der Waals surface area contributed by atoms with Crippen LogP contribution >= 0.6 is 0 Å². The molecule has 2 N–H and O–H groups in total. The van der Waals surface area contributed by atoms with Gasteiger partial charge in [0, 0.05) is 12.1 Å². The van der Waals surface area contributed by atoms with Gasteiger partial charge >= 0.3 is 0 Å². The molecule has 3 heteroatoms. The van der Waals surface area contributed by atoms with Gasteiger partial charge in [-0.2, -0.15) is 0 Å². The summed E-state index contributed by atoms with van der Waals surface area (Å²) in [6.07, 6.45) is 0. The summed E-state index contributed by atoms with van der Waals surface area (Å²) in [5.41, 5.74) is 1.52. The maximum Gasteiger partial charge on any atom is 0.128 e. The monoisotopic (exact) mass is 321 g/mol. The Labute approximate surface area is 141 Å². The Morgan fingerprint density at radius 1 is 0.750 bits per heavy atom. The van der Waals surface area contributed by atoms with Crippen molar-refractivity contribution in [1.29, 1.82) is 0 Å². The van der Waals surface area contributed by atoms with Gasteiger partial charge in [0.25, 0.3) is 0 Å². The fourth-order valence-electron chi connectivity index (χ4n) is 3.16. The molecule has 3 rings (SSSR count). The number of aliphatic hydroxyl groups is 1. The highest BCUT2D eigenvalue weighted by Gasteiger charge is 2.37. The Kier molecular flexibility index (Phi) is 5.04. The molecule has 0 unspecified atom stereocenters. The molecule has 0 radical (unpaired) electrons. The summed E-state index contributed by atoms with van der Waals surface area (Å²) in [6, 6.07) is 26.3. The lowest BCUT2D eigenvalue weighted by atomic mass is 9.76. The van der Waals surface area contributed by atoms with Crippen LogP contribution in [0.4, 0.5) is 4.39 Å². The molecule has 0 atom stereocenters. The fourth-order valence-corrected chi connectivity index (χ4v) is 3.16. The molecule has 3 aromatic rings. The molecular weight excluding hydrogens is 301 g/mol. The summed E-state index contributed by atoms with van der Waals surface area (Å²) in [4.78, 5) is 0. The second-order valence-corrected chi connectivity index (χ2v) is 5.61. The summed E-state index contributed by atoms with van der Waals surface area (Å²) >= 11 is 0. The van der Waals surface area contributed by atoms with Gasteiger partial charge in [0.2, 0.25) is 0 Å². The molecule has 122 valence electrons. The van der Waals surface area contributed by atoms with Crippen molar-refractivity contribution in [3.8, 4) is 0 Å². The van der Waals surface area contributed by atoms with Crippen molar-refractivity contribution in [2.75, 3.05) is 13.2 Å². The van der Waals surface area contributed by atoms with Crippen LogP contribution in [0.15, 0.2) is 84.9 Å². The summed E-state index contributed by atoms with van der Waals surface area (Å²) in [5, 5.41) is 12.8. The maximum atomic E-state index is 14.8. The molecule has 0 fully saturated rings. The molecule has 0 aliphatic rings. The first kappa shape index (κ1) is 16.4. The molecule has 0 aromatic heterocycles. The van der Waals surface area contributed by atoms with Crippen LogP contribution in [0.2, 0.25) is 0 Å². The van der Waals surface area contributed by atoms with Crippen LogP contribution in [0, 0.1) is 5.82 Å². The van der Waals surface area contributed by atoms with E-state index in [1.807, 2.05) is 66.7 Å². The highest BCUT2D eigenvalue weighted by Crippen LogP contribution is 2.37. The van der Waals surface area contributed by atoms with Crippen LogP contribution < -0.4 is 5.32 Å². The van der Waals surface area contributed by atoms with Gasteiger partial charge in [-0.25, -0.2) is 4.39 Å². The molecule has 0 bridgehead atoms. The third kappa shape index (κ3) is 2.96. The molecule has 0 saturated heterocycles. The van der Waals surface area contributed by atoms with E-state index in [1.54, 1.807) is 12.1 Å². The molecule has 0 heterocycles. The number of rotatable bonds is 6. The fraction of sp³-hybridized carbons (Fsp3) is 0.143. The number of hydrogen-bond donors (Lipinski definition) is 2. The van der Waals surface area contributed by atoms with E-state index in [2.05, 4.69) is 5.32 Å². The van der Waals surface area contributed by atoms with Crippen LogP contribution in [-0.4, -0.2) is 18.3 Å². The van der Waals surface area contributed by atoms with Crippen LogP contribution in [0.3, 0.4) is 0 Å². The Balaban J connectivity index is 2.31. The summed E-state index contributed by atoms with van der Waals surface area (Å²) in [5.74, 6) is -0.282. The third-order valence-electron chi connectivity index (χ3n) is 4.19. The minimum atomic E-state index is -0.864. The number of hydrogen-bond acceptors (Lipinski definition) is 2. The lowest BCUT2D eigenvalue weighted by Crippen LogP contribution is -2.46. The van der Waals surface area contributed by atoms with Crippen LogP contribution in [0.1, 0.15) is 16.7 Å². The number of aliphatic hydroxyl groups excluding tert-OH is 1. The van der Waals surface area contributed by atoms with Gasteiger partial charge in [-0.05, 0) is 17.2 Å². The van der Waals surface area contributed by atoms with Crippen molar-refractivity contribution in [2.24, 2.45) is 0 Å². The van der Waals surface area contributed by atoms with E-state index >= 15 is 0 Å². The van der Waals surface area contributed by atoms with Gasteiger partial charge in [0.1, 0.15) is 5.82 Å². The SMILES string of the molecule is OCCNC(c1ccccc1)(c1ccccc1)c1ccccc1F. The number of benzene rings is 3. The van der Waals surface area contributed by atoms with E-state index in [4.69, 9.17) is 0 Å². The van der Waals surface area contributed by atoms with E-state index in [9.17, 15) is 9.50 Å². The van der Waals surface area contributed by atoms with E-state index in [0.717, 1.165) is 11.1 Å². The summed E-state index contributed by atoms with van der Waals surface area (Å²) in [7, 11) is 0. The van der Waals surface area contributed by atoms with Gasteiger partial charge in [0.15, 0.2) is 0 Å². The molecule has 0 saturated carbocycles. The first-order chi connectivity index (χ1) is 11.8. The van der Waals surface area contributed by atoms with Crippen molar-refractivity contribution in [3.63, 3.8) is 0 Å². The van der Waals surface area contributed by atoms with E-state index in [1.165, 1.54) is 6.07 Å². The standard InChI is InChI=1S/C21H20FNO/c22-20-14-8-7-13-19(20)21(23-15-16-24,17-9-3-1-4-10-17)18-11-5-2-6-12-18/h1-14,23-24H,15-16H2. The molecule has 24 heavy (non-hydrogen) atoms. The quantitative estimate of drug-likeness (QED) is 0.679. The van der Waals surface area contributed by atoms with E-state index < -0.39 is 5.54 Å². The average molecular weight is 321 g/mol. The first-order valence-corrected chi connectivity index (χ1v) is 8.01. The molecule has 0 aliphatic heterocycles. The zero-order valence-corrected chi connectivity index (χ0v) is 13.3. The zero-order chi connectivity index (χ0) is 16.8. The van der Waals surface area contributed by atoms with Gasteiger partial charge in [-0.3, -0.25) is 5.32 Å². The summed E-state index contributed by atoms with van der Waals surface area (Å²) in [6.45, 7) is 0.313. The smallest absolute Gasteiger partial charge is 0.128 e. The van der Waals surface area contributed by atoms with Crippen molar-refractivity contribution < 1.29 is 9.50 Å². The second-order valence-electron chi connectivity index (χ2n) is 5.61. The Hall–Kier alpha value is -2.49. The van der Waals surface area contributed by atoms with Crippen LogP contribution in [0.5, 0.6) is 0 Å². The van der Waals surface area contributed by atoms with Crippen LogP contribution in [-0.2, 0) is 5.54 Å². The minimum absolute atomic E-state index is 0.0319. The predicted molar refractivity (Wildman–Crippen MR) is 94.3 cm³/mol. The average Bonchev–Trinajstić information content (AvgIpc) is 2.65. The maximum absolute atomic E-state index is 14.8. The lowest BCUT2D eigenvalue weighted by Gasteiger charge is -2.37. The van der Waals surface area contributed by atoms with Gasteiger partial charge in [0.05, 0.1) is 12.1 Å². The Morgan fingerprint density at radius 3 is 1.75 bits per heavy atom. The molecule has 3 aromatic carbocycles. The van der Waals surface area contributed by atoms with Crippen molar-refractivity contribution in [2.45, 2.75) is 5.54 Å². The van der Waals surface area contributed by atoms with Crippen LogP contribution in [0.25, 0.3) is 0 Å². The van der Waals surface area contributed by atoms with Gasteiger partial charge < -0.3 is 5.11 Å². The lowest BCUT2D eigenvalue weighted by molar-refractivity contribution is 0.276. The predicted octanol–water partition coefficient (Wildman–Crippen LogP) is 3.70. The molecular formula is C21H20FNO. The second kappa shape index (κ2) is 7.39. The Morgan fingerprint density at radius 2 is 1.25 bits per heavy atom. The van der Waals surface area contributed by atoms with Gasteiger partial charge in [-0.15, -0.1) is 0 Å². The molecule has 0 amide bonds. The molecule has 0 aliphatic carbocycles. The summed E-state index contributed by atoms with van der Waals surface area (Å²) < 4.78 is 14.8. The number of nitrogens with one attached hydrogen (secondary N) is 1. The normalized spacial score (nSPS) is 11.4. The number of halogens is 1. The van der Waals surface area contributed by atoms with Crippen molar-refractivity contribution in [1.82, 2.24) is 5.32 Å². The molecule has 2 nitrogen and oxygen atoms in total. The highest BCUT2D eigenvalue weighted by atomic mass is 19.1. The van der Waals surface area contributed by atoms with Crippen molar-refractivity contribution in [3.05, 3.63) is 107 Å². The zero-order valence-electron chi connectivity index (χ0n) is 13.3. The van der Waals surface area contributed by atoms with Gasteiger partial charge in [-0.1, -0.05) is 78.9 Å². The van der Waals surface area contributed by atoms with E-state index in [-0.39, 0.29) is 12.4 Å². The van der Waals surface area contributed by atoms with E-state index in [0.29, 0.717) is 12.1 Å². The third-order valence-corrected chi connectivity index (χ3v) is 4.19. The first-order valence-electron chi connectivity index (χ1n) is 8.01. The highest BCUT2D eigenvalue weighted by molar-refractivity contribution is 5.49.